The van der Waals surface area contributed by atoms with E-state index in [1.54, 1.807) is 24.1 Å². The molecule has 0 amide bonds. The van der Waals surface area contributed by atoms with E-state index in [2.05, 4.69) is 5.10 Å². The van der Waals surface area contributed by atoms with Gasteiger partial charge in [0.2, 0.25) is 0 Å². The topological polar surface area (TPSA) is 80.3 Å². The van der Waals surface area contributed by atoms with Crippen molar-refractivity contribution in [3.05, 3.63) is 41.1 Å². The third kappa shape index (κ3) is 1.90. The molecule has 0 saturated carbocycles. The average molecular weight is 219 g/mol. The average Bonchev–Trinajstić information content (AvgIpc) is 2.64. The lowest BCUT2D eigenvalue weighted by molar-refractivity contribution is 0.425. The zero-order chi connectivity index (χ0) is 11.7. The van der Waals surface area contributed by atoms with Crippen molar-refractivity contribution < 1.29 is 10.0 Å². The van der Waals surface area contributed by atoms with Gasteiger partial charge in [0, 0.05) is 25.5 Å². The van der Waals surface area contributed by atoms with E-state index >= 15 is 0 Å². The molecule has 0 radical (unpaired) electrons. The van der Waals surface area contributed by atoms with Crippen molar-refractivity contribution in [2.45, 2.75) is 0 Å². The molecule has 0 fully saturated rings. The van der Waals surface area contributed by atoms with Crippen LogP contribution in [0.1, 0.15) is 0 Å². The molecule has 2 rings (SSSR count). The Morgan fingerprint density at radius 1 is 1.44 bits per heavy atom. The second-order valence-electron chi connectivity index (χ2n) is 3.41. The van der Waals surface area contributed by atoms with Crippen molar-refractivity contribution in [3.63, 3.8) is 0 Å². The van der Waals surface area contributed by atoms with E-state index in [4.69, 9.17) is 10.0 Å². The molecule has 0 aliphatic carbocycles. The zero-order valence-corrected chi connectivity index (χ0v) is 8.61. The highest BCUT2D eigenvalue weighted by atomic mass is 16.4. The molecule has 2 heterocycles. The smallest absolute Gasteiger partial charge is 0.423 e. The first kappa shape index (κ1) is 10.7. The Kier molecular flexibility index (Phi) is 2.63. The van der Waals surface area contributed by atoms with Gasteiger partial charge < -0.3 is 10.0 Å². The van der Waals surface area contributed by atoms with Crippen LogP contribution in [-0.2, 0) is 7.05 Å². The molecule has 0 saturated heterocycles. The van der Waals surface area contributed by atoms with Gasteiger partial charge in [0.05, 0.1) is 11.9 Å². The fourth-order valence-corrected chi connectivity index (χ4v) is 1.40. The molecule has 0 aromatic carbocycles. The van der Waals surface area contributed by atoms with E-state index in [1.165, 1.54) is 22.9 Å². The Bertz CT molecular complexity index is 561. The van der Waals surface area contributed by atoms with Crippen molar-refractivity contribution in [1.82, 2.24) is 14.3 Å². The monoisotopic (exact) mass is 219 g/mol. The van der Waals surface area contributed by atoms with Crippen LogP contribution in [0.4, 0.5) is 0 Å². The second-order valence-corrected chi connectivity index (χ2v) is 3.41. The molecule has 2 aromatic rings. The van der Waals surface area contributed by atoms with E-state index in [0.717, 1.165) is 0 Å². The highest BCUT2D eigenvalue weighted by Crippen LogP contribution is 2.00. The molecule has 0 atom stereocenters. The first-order chi connectivity index (χ1) is 7.58. The number of aryl methyl sites for hydroxylation is 1. The Morgan fingerprint density at radius 3 is 2.69 bits per heavy atom. The lowest BCUT2D eigenvalue weighted by Gasteiger charge is -2.03. The van der Waals surface area contributed by atoms with Crippen LogP contribution in [0.2, 0.25) is 0 Å². The summed E-state index contributed by atoms with van der Waals surface area (Å²) < 4.78 is 2.95. The van der Waals surface area contributed by atoms with Crippen LogP contribution in [0.3, 0.4) is 0 Å². The van der Waals surface area contributed by atoms with Gasteiger partial charge >= 0.3 is 7.12 Å². The first-order valence-corrected chi connectivity index (χ1v) is 4.65. The number of hydrogen-bond acceptors (Lipinski definition) is 4. The maximum Gasteiger partial charge on any atom is 0.488 e. The molecule has 16 heavy (non-hydrogen) atoms. The Labute approximate surface area is 91.5 Å². The predicted molar refractivity (Wildman–Crippen MR) is 58.6 cm³/mol. The van der Waals surface area contributed by atoms with Gasteiger partial charge in [-0.25, -0.2) is 0 Å². The summed E-state index contributed by atoms with van der Waals surface area (Å²) in [5.74, 6) is 0. The minimum Gasteiger partial charge on any atom is -0.423 e. The van der Waals surface area contributed by atoms with E-state index in [-0.39, 0.29) is 11.0 Å². The summed E-state index contributed by atoms with van der Waals surface area (Å²) in [6.45, 7) is 0. The van der Waals surface area contributed by atoms with Crippen LogP contribution in [0.15, 0.2) is 35.5 Å². The van der Waals surface area contributed by atoms with Gasteiger partial charge in [-0.05, 0) is 11.5 Å². The van der Waals surface area contributed by atoms with Crippen LogP contribution in [0.25, 0.3) is 5.69 Å². The zero-order valence-electron chi connectivity index (χ0n) is 8.61. The Morgan fingerprint density at radius 2 is 2.19 bits per heavy atom. The maximum atomic E-state index is 11.7. The summed E-state index contributed by atoms with van der Waals surface area (Å²) in [5, 5.41) is 21.8. The third-order valence-electron chi connectivity index (χ3n) is 2.21. The molecule has 0 aliphatic rings. The summed E-state index contributed by atoms with van der Waals surface area (Å²) in [6.07, 6.45) is 4.72. The van der Waals surface area contributed by atoms with Crippen LogP contribution >= 0.6 is 0 Å². The van der Waals surface area contributed by atoms with Gasteiger partial charge in [-0.1, -0.05) is 0 Å². The third-order valence-corrected chi connectivity index (χ3v) is 2.21. The van der Waals surface area contributed by atoms with Gasteiger partial charge in [0.25, 0.3) is 5.56 Å². The van der Waals surface area contributed by atoms with Gasteiger partial charge in [0.15, 0.2) is 0 Å². The molecule has 0 bridgehead atoms. The largest absolute Gasteiger partial charge is 0.488 e. The van der Waals surface area contributed by atoms with Gasteiger partial charge in [-0.3, -0.25) is 14.0 Å². The molecule has 2 N–H and O–H groups in total. The van der Waals surface area contributed by atoms with Crippen molar-refractivity contribution in [2.75, 3.05) is 0 Å². The molecule has 6 nitrogen and oxygen atoms in total. The van der Waals surface area contributed by atoms with Crippen LogP contribution in [-0.4, -0.2) is 31.5 Å². The van der Waals surface area contributed by atoms with Gasteiger partial charge in [-0.2, -0.15) is 5.10 Å². The minimum absolute atomic E-state index is 0.171. The SMILES string of the molecule is Cn1cc(-n2ccc(B(O)O)cc2=O)cn1. The maximum absolute atomic E-state index is 11.7. The normalized spacial score (nSPS) is 10.4. The van der Waals surface area contributed by atoms with E-state index in [0.29, 0.717) is 5.69 Å². The van der Waals surface area contributed by atoms with Gasteiger partial charge in [-0.15, -0.1) is 0 Å². The predicted octanol–water partition coefficient (Wildman–Crippen LogP) is -1.75. The fraction of sp³-hybridized carbons (Fsp3) is 0.111. The van der Waals surface area contributed by atoms with E-state index < -0.39 is 7.12 Å². The van der Waals surface area contributed by atoms with Gasteiger partial charge in [0.1, 0.15) is 0 Å². The lowest BCUT2D eigenvalue weighted by atomic mass is 9.81. The van der Waals surface area contributed by atoms with Crippen molar-refractivity contribution in [2.24, 2.45) is 7.05 Å². The molecule has 2 aromatic heterocycles. The molecule has 82 valence electrons. The number of pyridine rings is 1. The first-order valence-electron chi connectivity index (χ1n) is 4.65. The molecule has 0 unspecified atom stereocenters. The second kappa shape index (κ2) is 3.95. The lowest BCUT2D eigenvalue weighted by Crippen LogP contribution is -2.34. The van der Waals surface area contributed by atoms with Crippen molar-refractivity contribution in [3.8, 4) is 5.69 Å². The number of aromatic nitrogens is 3. The number of rotatable bonds is 2. The molecular formula is C9H10BN3O3. The minimum atomic E-state index is -1.63. The molecule has 0 aliphatic heterocycles. The Balaban J connectivity index is 2.48. The summed E-state index contributed by atoms with van der Waals surface area (Å²) in [5.41, 5.74) is 0.468. The van der Waals surface area contributed by atoms with Crippen molar-refractivity contribution in [1.29, 1.82) is 0 Å². The highest BCUT2D eigenvalue weighted by Gasteiger charge is 2.12. The fourth-order valence-electron chi connectivity index (χ4n) is 1.40. The Hall–Kier alpha value is -1.86. The molecular weight excluding hydrogens is 209 g/mol. The number of nitrogens with zero attached hydrogens (tertiary/aromatic N) is 3. The van der Waals surface area contributed by atoms with Crippen LogP contribution < -0.4 is 11.0 Å². The summed E-state index contributed by atoms with van der Waals surface area (Å²) >= 11 is 0. The molecule has 0 spiro atoms. The molecule has 7 heteroatoms. The quantitative estimate of drug-likeness (QED) is 0.587. The summed E-state index contributed by atoms with van der Waals surface area (Å²) in [6, 6.07) is 2.65. The highest BCUT2D eigenvalue weighted by molar-refractivity contribution is 6.58. The van der Waals surface area contributed by atoms with E-state index in [9.17, 15) is 4.79 Å². The summed E-state index contributed by atoms with van der Waals surface area (Å²) in [4.78, 5) is 11.7. The van der Waals surface area contributed by atoms with Crippen molar-refractivity contribution >= 4 is 12.6 Å². The van der Waals surface area contributed by atoms with Crippen LogP contribution in [0.5, 0.6) is 0 Å². The summed E-state index contributed by atoms with van der Waals surface area (Å²) in [7, 11) is 0.122. The van der Waals surface area contributed by atoms with E-state index in [1.807, 2.05) is 0 Å². The standard InChI is InChI=1S/C9H10BN3O3/c1-12-6-8(5-11-12)13-3-2-7(10(15)16)4-9(13)14/h2-6,15-16H,1H3. The number of hydrogen-bond donors (Lipinski definition) is 2. The van der Waals surface area contributed by atoms with Crippen LogP contribution in [0, 0.1) is 0 Å².